The Morgan fingerprint density at radius 1 is 1.41 bits per heavy atom. The van der Waals surface area contributed by atoms with Gasteiger partial charge in [-0.25, -0.2) is 4.79 Å². The van der Waals surface area contributed by atoms with Crippen molar-refractivity contribution in [2.24, 2.45) is 0 Å². The zero-order chi connectivity index (χ0) is 16.1. The molecule has 1 aromatic carbocycles. The third-order valence-electron chi connectivity index (χ3n) is 3.08. The number of halogens is 1. The van der Waals surface area contributed by atoms with E-state index in [9.17, 15) is 9.59 Å². The van der Waals surface area contributed by atoms with Crippen molar-refractivity contribution in [2.75, 3.05) is 6.61 Å². The summed E-state index contributed by atoms with van der Waals surface area (Å²) in [5.74, 6) is -1.17. The molecule has 7 heteroatoms. The van der Waals surface area contributed by atoms with Crippen molar-refractivity contribution >= 4 is 34.4 Å². The number of carbonyl (C=O) groups excluding carboxylic acids is 1. The summed E-state index contributed by atoms with van der Waals surface area (Å²) in [5, 5.41) is 12.5. The predicted molar refractivity (Wildman–Crippen MR) is 82.1 cm³/mol. The average molecular weight is 323 g/mol. The Labute approximate surface area is 132 Å². The van der Waals surface area contributed by atoms with Crippen molar-refractivity contribution in [1.29, 1.82) is 0 Å². The molecular formula is C15H15ClN2O4. The Morgan fingerprint density at radius 3 is 2.86 bits per heavy atom. The molecule has 6 nitrogen and oxygen atoms in total. The van der Waals surface area contributed by atoms with Gasteiger partial charge >= 0.3 is 5.97 Å². The molecule has 2 rings (SSSR count). The summed E-state index contributed by atoms with van der Waals surface area (Å²) in [4.78, 5) is 26.8. The lowest BCUT2D eigenvalue weighted by Crippen LogP contribution is -2.42. The number of amides is 1. The van der Waals surface area contributed by atoms with Crippen LogP contribution in [0.3, 0.4) is 0 Å². The standard InChI is InChI=1S/C15H15ClN2O4/c1-2-11(15(20)21)18-13(19)8-22-12-6-5-10(16)9-4-3-7-17-14(9)12/h3-7,11H,2,8H2,1H3,(H,18,19)(H,20,21). The van der Waals surface area contributed by atoms with Crippen LogP contribution in [0.4, 0.5) is 0 Å². The highest BCUT2D eigenvalue weighted by Crippen LogP contribution is 2.29. The highest BCUT2D eigenvalue weighted by atomic mass is 35.5. The van der Waals surface area contributed by atoms with Crippen LogP contribution in [0.25, 0.3) is 10.9 Å². The highest BCUT2D eigenvalue weighted by molar-refractivity contribution is 6.35. The van der Waals surface area contributed by atoms with Gasteiger partial charge in [-0.1, -0.05) is 18.5 Å². The normalized spacial score (nSPS) is 11.9. The van der Waals surface area contributed by atoms with Crippen LogP contribution in [0, 0.1) is 0 Å². The van der Waals surface area contributed by atoms with Crippen molar-refractivity contribution in [3.8, 4) is 5.75 Å². The number of rotatable bonds is 6. The lowest BCUT2D eigenvalue weighted by Gasteiger charge is -2.13. The van der Waals surface area contributed by atoms with E-state index in [1.165, 1.54) is 0 Å². The molecule has 2 aromatic rings. The van der Waals surface area contributed by atoms with E-state index in [0.717, 1.165) is 5.39 Å². The highest BCUT2D eigenvalue weighted by Gasteiger charge is 2.18. The van der Waals surface area contributed by atoms with Crippen LogP contribution in [-0.4, -0.2) is 34.6 Å². The maximum absolute atomic E-state index is 11.7. The summed E-state index contributed by atoms with van der Waals surface area (Å²) in [6, 6.07) is 5.92. The van der Waals surface area contributed by atoms with Gasteiger partial charge in [0.15, 0.2) is 6.61 Å². The topological polar surface area (TPSA) is 88.5 Å². The van der Waals surface area contributed by atoms with Crippen molar-refractivity contribution in [2.45, 2.75) is 19.4 Å². The van der Waals surface area contributed by atoms with E-state index < -0.39 is 17.9 Å². The first-order chi connectivity index (χ1) is 10.5. The number of hydrogen-bond acceptors (Lipinski definition) is 4. The van der Waals surface area contributed by atoms with E-state index in [1.807, 2.05) is 0 Å². The molecule has 0 saturated carbocycles. The van der Waals surface area contributed by atoms with Crippen LogP contribution in [0.15, 0.2) is 30.5 Å². The number of fused-ring (bicyclic) bond motifs is 1. The first-order valence-corrected chi connectivity index (χ1v) is 7.09. The summed E-state index contributed by atoms with van der Waals surface area (Å²) < 4.78 is 5.44. The molecule has 0 saturated heterocycles. The molecule has 0 radical (unpaired) electrons. The summed E-state index contributed by atoms with van der Waals surface area (Å²) in [7, 11) is 0. The summed E-state index contributed by atoms with van der Waals surface area (Å²) in [6.45, 7) is 1.38. The molecule has 0 fully saturated rings. The second-order valence-electron chi connectivity index (χ2n) is 4.60. The number of nitrogens with zero attached hydrogens (tertiary/aromatic N) is 1. The Kier molecular flexibility index (Phi) is 5.16. The molecule has 0 aliphatic heterocycles. The van der Waals surface area contributed by atoms with Gasteiger partial charge in [0, 0.05) is 11.6 Å². The Bertz CT molecular complexity index is 705. The van der Waals surface area contributed by atoms with Gasteiger partial charge in [-0.05, 0) is 30.7 Å². The van der Waals surface area contributed by atoms with Crippen molar-refractivity contribution in [3.05, 3.63) is 35.5 Å². The zero-order valence-corrected chi connectivity index (χ0v) is 12.6. The molecule has 1 aromatic heterocycles. The van der Waals surface area contributed by atoms with Crippen LogP contribution < -0.4 is 10.1 Å². The number of ether oxygens (including phenoxy) is 1. The quantitative estimate of drug-likeness (QED) is 0.851. The van der Waals surface area contributed by atoms with E-state index in [1.54, 1.807) is 37.4 Å². The Balaban J connectivity index is 2.08. The Hall–Kier alpha value is -2.34. The maximum atomic E-state index is 11.7. The van der Waals surface area contributed by atoms with Crippen LogP contribution in [0.1, 0.15) is 13.3 Å². The number of hydrogen-bond donors (Lipinski definition) is 2. The maximum Gasteiger partial charge on any atom is 0.326 e. The summed E-state index contributed by atoms with van der Waals surface area (Å²) in [5.41, 5.74) is 0.549. The lowest BCUT2D eigenvalue weighted by molar-refractivity contribution is -0.142. The predicted octanol–water partition coefficient (Wildman–Crippen LogP) is 2.25. The van der Waals surface area contributed by atoms with Gasteiger partial charge in [0.25, 0.3) is 5.91 Å². The van der Waals surface area contributed by atoms with E-state index in [-0.39, 0.29) is 6.61 Å². The van der Waals surface area contributed by atoms with E-state index in [2.05, 4.69) is 10.3 Å². The third-order valence-corrected chi connectivity index (χ3v) is 3.41. The fourth-order valence-electron chi connectivity index (χ4n) is 1.95. The van der Waals surface area contributed by atoms with Gasteiger partial charge in [0.1, 0.15) is 17.3 Å². The fraction of sp³-hybridized carbons (Fsp3) is 0.267. The third kappa shape index (κ3) is 3.65. The second kappa shape index (κ2) is 7.09. The number of nitrogens with one attached hydrogen (secondary N) is 1. The van der Waals surface area contributed by atoms with Crippen LogP contribution in [-0.2, 0) is 9.59 Å². The van der Waals surface area contributed by atoms with Crippen LogP contribution in [0.5, 0.6) is 5.75 Å². The SMILES string of the molecule is CCC(NC(=O)COc1ccc(Cl)c2cccnc12)C(=O)O. The molecule has 0 aliphatic rings. The minimum atomic E-state index is -1.07. The molecule has 1 unspecified atom stereocenters. The lowest BCUT2D eigenvalue weighted by atomic mass is 10.2. The number of carboxylic acid groups (broad SMARTS) is 1. The summed E-state index contributed by atoms with van der Waals surface area (Å²) in [6.07, 6.45) is 1.90. The van der Waals surface area contributed by atoms with Gasteiger partial charge < -0.3 is 15.2 Å². The number of benzene rings is 1. The molecule has 2 N–H and O–H groups in total. The van der Waals surface area contributed by atoms with E-state index in [4.69, 9.17) is 21.4 Å². The zero-order valence-electron chi connectivity index (χ0n) is 11.9. The van der Waals surface area contributed by atoms with E-state index >= 15 is 0 Å². The largest absolute Gasteiger partial charge is 0.481 e. The van der Waals surface area contributed by atoms with Crippen molar-refractivity contribution in [1.82, 2.24) is 10.3 Å². The summed E-state index contributed by atoms with van der Waals surface area (Å²) >= 11 is 6.07. The number of carboxylic acids is 1. The fourth-order valence-corrected chi connectivity index (χ4v) is 2.16. The molecule has 1 amide bonds. The second-order valence-corrected chi connectivity index (χ2v) is 5.01. The van der Waals surface area contributed by atoms with Crippen molar-refractivity contribution in [3.63, 3.8) is 0 Å². The van der Waals surface area contributed by atoms with Gasteiger partial charge in [0.05, 0.1) is 5.02 Å². The molecule has 0 aliphatic carbocycles. The van der Waals surface area contributed by atoms with Gasteiger partial charge in [-0.3, -0.25) is 9.78 Å². The Morgan fingerprint density at radius 2 is 2.18 bits per heavy atom. The molecule has 22 heavy (non-hydrogen) atoms. The minimum Gasteiger partial charge on any atom is -0.481 e. The number of aliphatic carboxylic acids is 1. The molecule has 1 heterocycles. The van der Waals surface area contributed by atoms with E-state index in [0.29, 0.717) is 22.7 Å². The monoisotopic (exact) mass is 322 g/mol. The first-order valence-electron chi connectivity index (χ1n) is 6.71. The number of aromatic nitrogens is 1. The number of pyridine rings is 1. The smallest absolute Gasteiger partial charge is 0.326 e. The average Bonchev–Trinajstić information content (AvgIpc) is 2.52. The molecule has 1 atom stereocenters. The van der Waals surface area contributed by atoms with Gasteiger partial charge in [-0.2, -0.15) is 0 Å². The first kappa shape index (κ1) is 16.0. The molecule has 116 valence electrons. The van der Waals surface area contributed by atoms with Gasteiger partial charge in [0.2, 0.25) is 0 Å². The number of carbonyl (C=O) groups is 2. The van der Waals surface area contributed by atoms with Crippen molar-refractivity contribution < 1.29 is 19.4 Å². The minimum absolute atomic E-state index is 0.295. The molecular weight excluding hydrogens is 308 g/mol. The van der Waals surface area contributed by atoms with Crippen LogP contribution in [0.2, 0.25) is 5.02 Å². The van der Waals surface area contributed by atoms with Gasteiger partial charge in [-0.15, -0.1) is 0 Å². The molecule has 0 spiro atoms. The van der Waals surface area contributed by atoms with Crippen LogP contribution >= 0.6 is 11.6 Å². The molecule has 0 bridgehead atoms.